The van der Waals surface area contributed by atoms with Crippen molar-refractivity contribution in [2.45, 2.75) is 90.5 Å². The number of nitrogens with zero attached hydrogens (tertiary/aromatic N) is 1. The Hall–Kier alpha value is -0.120. The monoisotopic (exact) mass is 271 g/mol. The fraction of sp³-hybridized carbons (Fsp3) is 1.00. The molecule has 3 heteroatoms. The van der Waals surface area contributed by atoms with Crippen molar-refractivity contribution >= 4 is 0 Å². The Morgan fingerprint density at radius 3 is 2.00 bits per heavy atom. The standard InChI is InChI=1S/C16H33NO2/c1-14(2,3)19-12-13(18)11-17-15(4,5)9-8-10-16(17,6)7/h13,18H,8-12H2,1-7H3/t13-/m0/s1. The first-order valence-corrected chi connectivity index (χ1v) is 7.54. The van der Waals surface area contributed by atoms with E-state index >= 15 is 0 Å². The van der Waals surface area contributed by atoms with Gasteiger partial charge in [0.2, 0.25) is 0 Å². The topological polar surface area (TPSA) is 32.7 Å². The fourth-order valence-electron chi connectivity index (χ4n) is 3.15. The summed E-state index contributed by atoms with van der Waals surface area (Å²) in [5.74, 6) is 0. The molecule has 0 bridgehead atoms. The molecule has 1 N–H and O–H groups in total. The van der Waals surface area contributed by atoms with Gasteiger partial charge in [0, 0.05) is 17.6 Å². The molecule has 0 saturated carbocycles. The number of ether oxygens (including phenoxy) is 1. The van der Waals surface area contributed by atoms with Gasteiger partial charge in [0.05, 0.1) is 18.3 Å². The average molecular weight is 271 g/mol. The highest BCUT2D eigenvalue weighted by Gasteiger charge is 2.41. The molecule has 0 unspecified atom stereocenters. The van der Waals surface area contributed by atoms with Crippen molar-refractivity contribution < 1.29 is 9.84 Å². The van der Waals surface area contributed by atoms with Crippen LogP contribution in [0.3, 0.4) is 0 Å². The normalized spacial score (nSPS) is 25.3. The SMILES string of the molecule is CC(C)(C)OC[C@@H](O)CN1C(C)(C)CCCC1(C)C. The summed E-state index contributed by atoms with van der Waals surface area (Å²) in [5.41, 5.74) is 0.128. The van der Waals surface area contributed by atoms with E-state index in [0.29, 0.717) is 13.2 Å². The largest absolute Gasteiger partial charge is 0.389 e. The highest BCUT2D eigenvalue weighted by Crippen LogP contribution is 2.38. The number of aliphatic hydroxyl groups is 1. The lowest BCUT2D eigenvalue weighted by Crippen LogP contribution is -2.60. The summed E-state index contributed by atoms with van der Waals surface area (Å²) in [5, 5.41) is 10.3. The lowest BCUT2D eigenvalue weighted by Gasteiger charge is -2.53. The molecule has 1 saturated heterocycles. The van der Waals surface area contributed by atoms with Crippen LogP contribution in [0.1, 0.15) is 67.7 Å². The van der Waals surface area contributed by atoms with Crippen LogP contribution >= 0.6 is 0 Å². The number of hydrogen-bond donors (Lipinski definition) is 1. The third kappa shape index (κ3) is 5.05. The Balaban J connectivity index is 2.61. The molecule has 0 aromatic rings. The van der Waals surface area contributed by atoms with Crippen LogP contribution in [-0.2, 0) is 4.74 Å². The van der Waals surface area contributed by atoms with Gasteiger partial charge in [0.15, 0.2) is 0 Å². The molecule has 1 aliphatic rings. The molecule has 1 heterocycles. The Morgan fingerprint density at radius 1 is 1.11 bits per heavy atom. The second-order valence-corrected chi connectivity index (χ2v) is 8.17. The number of aliphatic hydroxyl groups excluding tert-OH is 1. The molecular weight excluding hydrogens is 238 g/mol. The Bertz CT molecular complexity index is 276. The van der Waals surface area contributed by atoms with Crippen LogP contribution < -0.4 is 0 Å². The van der Waals surface area contributed by atoms with Crippen LogP contribution in [0.15, 0.2) is 0 Å². The summed E-state index contributed by atoms with van der Waals surface area (Å²) < 4.78 is 5.69. The van der Waals surface area contributed by atoms with E-state index < -0.39 is 6.10 Å². The van der Waals surface area contributed by atoms with E-state index in [4.69, 9.17) is 4.74 Å². The van der Waals surface area contributed by atoms with E-state index in [1.807, 2.05) is 20.8 Å². The minimum Gasteiger partial charge on any atom is -0.389 e. The predicted octanol–water partition coefficient (Wildman–Crippen LogP) is 3.21. The molecule has 19 heavy (non-hydrogen) atoms. The first kappa shape index (κ1) is 16.9. The van der Waals surface area contributed by atoms with Gasteiger partial charge >= 0.3 is 0 Å². The van der Waals surface area contributed by atoms with Crippen LogP contribution in [0.4, 0.5) is 0 Å². The Kier molecular flexibility index (Phi) is 5.09. The quantitative estimate of drug-likeness (QED) is 0.852. The van der Waals surface area contributed by atoms with Gasteiger partial charge in [-0.15, -0.1) is 0 Å². The first-order valence-electron chi connectivity index (χ1n) is 7.54. The van der Waals surface area contributed by atoms with Gasteiger partial charge < -0.3 is 9.84 Å². The molecule has 1 rings (SSSR count). The summed E-state index contributed by atoms with van der Waals surface area (Å²) in [4.78, 5) is 2.46. The van der Waals surface area contributed by atoms with Crippen molar-refractivity contribution in [3.63, 3.8) is 0 Å². The highest BCUT2D eigenvalue weighted by molar-refractivity contribution is 4.97. The molecule has 1 fully saturated rings. The van der Waals surface area contributed by atoms with Crippen LogP contribution in [-0.4, -0.2) is 45.9 Å². The maximum Gasteiger partial charge on any atom is 0.0900 e. The van der Waals surface area contributed by atoms with Crippen molar-refractivity contribution in [3.8, 4) is 0 Å². The summed E-state index contributed by atoms with van der Waals surface area (Å²) in [7, 11) is 0. The summed E-state index contributed by atoms with van der Waals surface area (Å²) in [6.07, 6.45) is 3.24. The summed E-state index contributed by atoms with van der Waals surface area (Å²) in [6.45, 7) is 16.3. The third-order valence-corrected chi connectivity index (χ3v) is 4.14. The van der Waals surface area contributed by atoms with Crippen molar-refractivity contribution in [2.75, 3.05) is 13.2 Å². The number of β-amino-alcohol motifs (C(OH)–C–C–N with tert-alkyl or cyclic N) is 1. The van der Waals surface area contributed by atoms with Crippen LogP contribution in [0.5, 0.6) is 0 Å². The average Bonchev–Trinajstić information content (AvgIpc) is 2.19. The van der Waals surface area contributed by atoms with Crippen LogP contribution in [0.2, 0.25) is 0 Å². The fourth-order valence-corrected chi connectivity index (χ4v) is 3.15. The number of hydrogen-bond acceptors (Lipinski definition) is 3. The van der Waals surface area contributed by atoms with E-state index in [1.54, 1.807) is 0 Å². The van der Waals surface area contributed by atoms with E-state index in [-0.39, 0.29) is 16.7 Å². The third-order valence-electron chi connectivity index (χ3n) is 4.14. The lowest BCUT2D eigenvalue weighted by atomic mass is 9.79. The zero-order valence-electron chi connectivity index (χ0n) is 13.9. The number of rotatable bonds is 4. The van der Waals surface area contributed by atoms with Crippen molar-refractivity contribution in [2.24, 2.45) is 0 Å². The lowest BCUT2D eigenvalue weighted by molar-refractivity contribution is -0.0918. The van der Waals surface area contributed by atoms with Crippen LogP contribution in [0, 0.1) is 0 Å². The molecule has 0 aliphatic carbocycles. The molecule has 0 spiro atoms. The zero-order valence-corrected chi connectivity index (χ0v) is 13.9. The number of likely N-dealkylation sites (tertiary alicyclic amines) is 1. The summed E-state index contributed by atoms with van der Waals surface area (Å²) >= 11 is 0. The molecule has 1 aliphatic heterocycles. The molecule has 1 atom stereocenters. The van der Waals surface area contributed by atoms with Gasteiger partial charge in [-0.2, -0.15) is 0 Å². The minimum absolute atomic E-state index is 0.157. The Morgan fingerprint density at radius 2 is 1.58 bits per heavy atom. The Labute approximate surface area is 119 Å². The van der Waals surface area contributed by atoms with E-state index in [0.717, 1.165) is 0 Å². The predicted molar refractivity (Wildman–Crippen MR) is 80.4 cm³/mol. The number of piperidine rings is 1. The van der Waals surface area contributed by atoms with E-state index in [2.05, 4.69) is 32.6 Å². The molecule has 0 radical (unpaired) electrons. The first-order chi connectivity index (χ1) is 8.44. The van der Waals surface area contributed by atoms with E-state index in [1.165, 1.54) is 19.3 Å². The molecule has 0 amide bonds. The van der Waals surface area contributed by atoms with Gasteiger partial charge in [0.1, 0.15) is 0 Å². The van der Waals surface area contributed by atoms with Gasteiger partial charge in [-0.3, -0.25) is 4.90 Å². The van der Waals surface area contributed by atoms with Crippen LogP contribution in [0.25, 0.3) is 0 Å². The highest BCUT2D eigenvalue weighted by atomic mass is 16.5. The molecule has 0 aromatic heterocycles. The van der Waals surface area contributed by atoms with Crippen molar-refractivity contribution in [1.82, 2.24) is 4.90 Å². The molecule has 114 valence electrons. The van der Waals surface area contributed by atoms with Gasteiger partial charge in [-0.1, -0.05) is 0 Å². The molecular formula is C16H33NO2. The maximum atomic E-state index is 10.3. The van der Waals surface area contributed by atoms with Gasteiger partial charge in [0.25, 0.3) is 0 Å². The summed E-state index contributed by atoms with van der Waals surface area (Å²) in [6, 6.07) is 0. The second kappa shape index (κ2) is 5.71. The minimum atomic E-state index is -0.420. The second-order valence-electron chi connectivity index (χ2n) is 8.17. The molecule has 3 nitrogen and oxygen atoms in total. The molecule has 0 aromatic carbocycles. The zero-order chi connectivity index (χ0) is 14.9. The van der Waals surface area contributed by atoms with Crippen molar-refractivity contribution in [3.05, 3.63) is 0 Å². The van der Waals surface area contributed by atoms with Crippen molar-refractivity contribution in [1.29, 1.82) is 0 Å². The maximum absolute atomic E-state index is 10.3. The van der Waals surface area contributed by atoms with Gasteiger partial charge in [-0.25, -0.2) is 0 Å². The van der Waals surface area contributed by atoms with Gasteiger partial charge in [-0.05, 0) is 67.7 Å². The smallest absolute Gasteiger partial charge is 0.0900 e. The van der Waals surface area contributed by atoms with E-state index in [9.17, 15) is 5.11 Å².